The van der Waals surface area contributed by atoms with E-state index in [9.17, 15) is 19.5 Å². The highest BCUT2D eigenvalue weighted by Crippen LogP contribution is 2.37. The van der Waals surface area contributed by atoms with E-state index in [1.807, 2.05) is 0 Å². The van der Waals surface area contributed by atoms with Crippen LogP contribution in [-0.2, 0) is 14.4 Å². The predicted octanol–water partition coefficient (Wildman–Crippen LogP) is 0.978. The minimum atomic E-state index is -1.19. The summed E-state index contributed by atoms with van der Waals surface area (Å²) in [7, 11) is 0. The zero-order valence-electron chi connectivity index (χ0n) is 10.4. The second-order valence-electron chi connectivity index (χ2n) is 5.10. The van der Waals surface area contributed by atoms with Crippen LogP contribution in [-0.4, -0.2) is 44.8 Å². The second-order valence-corrected chi connectivity index (χ2v) is 6.09. The fraction of sp³-hybridized carbons (Fsp3) is 0.727. The van der Waals surface area contributed by atoms with Crippen molar-refractivity contribution in [2.75, 3.05) is 11.5 Å². The van der Waals surface area contributed by atoms with Crippen LogP contribution in [0.1, 0.15) is 27.7 Å². The largest absolute Gasteiger partial charge is 0.481 e. The van der Waals surface area contributed by atoms with Crippen molar-refractivity contribution < 1.29 is 19.5 Å². The van der Waals surface area contributed by atoms with Crippen molar-refractivity contribution in [2.24, 2.45) is 5.41 Å². The number of carbonyl (C=O) groups is 3. The quantitative estimate of drug-likeness (QED) is 0.765. The lowest BCUT2D eigenvalue weighted by Gasteiger charge is -2.46. The van der Waals surface area contributed by atoms with Crippen LogP contribution in [0.5, 0.6) is 0 Å². The number of nitrogens with zero attached hydrogens (tertiary/aromatic N) is 1. The molecule has 0 spiro atoms. The van der Waals surface area contributed by atoms with E-state index in [0.717, 1.165) is 4.90 Å². The van der Waals surface area contributed by atoms with Crippen molar-refractivity contribution in [2.45, 2.75) is 33.2 Å². The average Bonchev–Trinajstić information content (AvgIpc) is 2.16. The van der Waals surface area contributed by atoms with Gasteiger partial charge in [0.2, 0.25) is 11.8 Å². The Bertz CT molecular complexity index is 360. The smallest absolute Gasteiger partial charge is 0.311 e. The number of imide groups is 1. The van der Waals surface area contributed by atoms with Crippen molar-refractivity contribution in [1.82, 2.24) is 4.90 Å². The minimum Gasteiger partial charge on any atom is -0.481 e. The molecule has 0 aromatic rings. The summed E-state index contributed by atoms with van der Waals surface area (Å²) < 4.78 is 0. The molecule has 2 amide bonds. The molecule has 1 fully saturated rings. The molecule has 1 aliphatic rings. The third kappa shape index (κ3) is 2.18. The Morgan fingerprint density at radius 2 is 1.59 bits per heavy atom. The fourth-order valence-electron chi connectivity index (χ4n) is 1.66. The number of hydrogen-bond acceptors (Lipinski definition) is 4. The van der Waals surface area contributed by atoms with E-state index in [1.165, 1.54) is 25.6 Å². The predicted molar refractivity (Wildman–Crippen MR) is 64.7 cm³/mol. The highest BCUT2D eigenvalue weighted by atomic mass is 32.2. The molecule has 17 heavy (non-hydrogen) atoms. The first-order chi connectivity index (χ1) is 7.62. The molecule has 0 radical (unpaired) electrons. The molecule has 1 aliphatic heterocycles. The highest BCUT2D eigenvalue weighted by Gasteiger charge is 2.51. The molecule has 0 unspecified atom stereocenters. The van der Waals surface area contributed by atoms with Gasteiger partial charge in [0.05, 0.1) is 22.5 Å². The summed E-state index contributed by atoms with van der Waals surface area (Å²) in [4.78, 5) is 36.0. The number of rotatable bonds is 3. The first-order valence-electron chi connectivity index (χ1n) is 5.29. The molecule has 1 heterocycles. The maximum absolute atomic E-state index is 11.8. The Labute approximate surface area is 105 Å². The van der Waals surface area contributed by atoms with Gasteiger partial charge in [0.15, 0.2) is 0 Å². The van der Waals surface area contributed by atoms with Crippen molar-refractivity contribution in [3.05, 3.63) is 0 Å². The Hall–Kier alpha value is -1.04. The average molecular weight is 259 g/mol. The summed E-state index contributed by atoms with van der Waals surface area (Å²) in [5.74, 6) is -1.20. The molecule has 5 nitrogen and oxygen atoms in total. The van der Waals surface area contributed by atoms with Crippen LogP contribution >= 0.6 is 11.8 Å². The van der Waals surface area contributed by atoms with Crippen molar-refractivity contribution in [1.29, 1.82) is 0 Å². The van der Waals surface area contributed by atoms with E-state index in [1.54, 1.807) is 13.8 Å². The van der Waals surface area contributed by atoms with Crippen LogP contribution in [0.3, 0.4) is 0 Å². The normalized spacial score (nSPS) is 18.5. The number of carboxylic acids is 1. The van der Waals surface area contributed by atoms with Crippen molar-refractivity contribution in [3.63, 3.8) is 0 Å². The van der Waals surface area contributed by atoms with Gasteiger partial charge in [-0.15, -0.1) is 11.8 Å². The fourth-order valence-corrected chi connectivity index (χ4v) is 2.37. The van der Waals surface area contributed by atoms with Crippen molar-refractivity contribution in [3.8, 4) is 0 Å². The van der Waals surface area contributed by atoms with E-state index in [-0.39, 0.29) is 23.3 Å². The molecule has 0 aromatic heterocycles. The van der Waals surface area contributed by atoms with Gasteiger partial charge in [-0.1, -0.05) is 0 Å². The van der Waals surface area contributed by atoms with Crippen LogP contribution in [0.15, 0.2) is 0 Å². The summed E-state index contributed by atoms with van der Waals surface area (Å²) in [6.45, 7) is 6.29. The molecule has 1 saturated heterocycles. The lowest BCUT2D eigenvalue weighted by Crippen LogP contribution is -2.63. The number of thioether (sulfide) groups is 1. The Morgan fingerprint density at radius 1 is 1.18 bits per heavy atom. The van der Waals surface area contributed by atoms with E-state index in [2.05, 4.69) is 0 Å². The number of carbonyl (C=O) groups excluding carboxylic acids is 2. The third-order valence-corrected chi connectivity index (χ3v) is 4.48. The van der Waals surface area contributed by atoms with Gasteiger partial charge in [0, 0.05) is 0 Å². The van der Waals surface area contributed by atoms with Gasteiger partial charge in [0.1, 0.15) is 0 Å². The molecule has 96 valence electrons. The van der Waals surface area contributed by atoms with Crippen LogP contribution < -0.4 is 0 Å². The van der Waals surface area contributed by atoms with Gasteiger partial charge in [0.25, 0.3) is 0 Å². The molecule has 1 rings (SSSR count). The van der Waals surface area contributed by atoms with E-state index < -0.39 is 16.9 Å². The van der Waals surface area contributed by atoms with E-state index in [0.29, 0.717) is 0 Å². The van der Waals surface area contributed by atoms with Gasteiger partial charge in [-0.05, 0) is 27.7 Å². The molecule has 0 aromatic carbocycles. The number of amides is 2. The van der Waals surface area contributed by atoms with E-state index in [4.69, 9.17) is 0 Å². The van der Waals surface area contributed by atoms with Crippen molar-refractivity contribution >= 4 is 29.5 Å². The molecule has 0 aliphatic carbocycles. The third-order valence-electron chi connectivity index (χ3n) is 3.57. The summed E-state index contributed by atoms with van der Waals surface area (Å²) in [6, 6.07) is 0. The number of hydrogen-bond donors (Lipinski definition) is 1. The molecular formula is C11H17NO4S. The zero-order chi connectivity index (χ0) is 13.4. The molecule has 0 atom stereocenters. The van der Waals surface area contributed by atoms with Crippen LogP contribution in [0, 0.1) is 5.41 Å². The molecule has 0 saturated carbocycles. The van der Waals surface area contributed by atoms with Gasteiger partial charge >= 0.3 is 5.97 Å². The van der Waals surface area contributed by atoms with Gasteiger partial charge in [-0.2, -0.15) is 0 Å². The first-order valence-corrected chi connectivity index (χ1v) is 6.45. The topological polar surface area (TPSA) is 74.7 Å². The molecule has 6 heteroatoms. The SMILES string of the molecule is CC(C)(C(=O)O)C(C)(C)N1C(=O)CSCC1=O. The number of carboxylic acid groups (broad SMARTS) is 1. The minimum absolute atomic E-state index is 0.227. The summed E-state index contributed by atoms with van der Waals surface area (Å²) >= 11 is 1.26. The summed E-state index contributed by atoms with van der Waals surface area (Å²) in [5, 5.41) is 9.23. The lowest BCUT2D eigenvalue weighted by molar-refractivity contribution is -0.164. The van der Waals surface area contributed by atoms with Gasteiger partial charge in [-0.3, -0.25) is 19.3 Å². The number of aliphatic carboxylic acids is 1. The van der Waals surface area contributed by atoms with Gasteiger partial charge in [-0.25, -0.2) is 0 Å². The standard InChI is InChI=1S/C11H17NO4S/c1-10(2,9(15)16)11(3,4)12-7(13)5-17-6-8(12)14/h5-6H2,1-4H3,(H,15,16). The maximum atomic E-state index is 11.8. The summed E-state index contributed by atoms with van der Waals surface area (Å²) in [5.41, 5.74) is -2.24. The Balaban J connectivity index is 3.15. The molecular weight excluding hydrogens is 242 g/mol. The zero-order valence-corrected chi connectivity index (χ0v) is 11.3. The second kappa shape index (κ2) is 4.33. The monoisotopic (exact) mass is 259 g/mol. The summed E-state index contributed by atoms with van der Waals surface area (Å²) in [6.07, 6.45) is 0. The van der Waals surface area contributed by atoms with Gasteiger partial charge < -0.3 is 5.11 Å². The highest BCUT2D eigenvalue weighted by molar-refractivity contribution is 8.00. The Kier molecular flexibility index (Phi) is 3.57. The molecule has 1 N–H and O–H groups in total. The van der Waals surface area contributed by atoms with Crippen LogP contribution in [0.25, 0.3) is 0 Å². The maximum Gasteiger partial charge on any atom is 0.311 e. The van der Waals surface area contributed by atoms with Crippen LogP contribution in [0.4, 0.5) is 0 Å². The lowest BCUT2D eigenvalue weighted by atomic mass is 9.73. The van der Waals surface area contributed by atoms with E-state index >= 15 is 0 Å². The Morgan fingerprint density at radius 3 is 1.94 bits per heavy atom. The first kappa shape index (κ1) is 14.0. The van der Waals surface area contributed by atoms with Crippen LogP contribution in [0.2, 0.25) is 0 Å². The molecule has 0 bridgehead atoms.